The first-order valence-corrected chi connectivity index (χ1v) is 4.86. The summed E-state index contributed by atoms with van der Waals surface area (Å²) < 4.78 is 0. The maximum Gasteiger partial charge on any atom is 0.0393 e. The molecule has 0 unspecified atom stereocenters. The first-order chi connectivity index (χ1) is 7.34. The molecular formula is C13H10N2. The third-order valence-electron chi connectivity index (χ3n) is 2.66. The van der Waals surface area contributed by atoms with Crippen LogP contribution in [0.4, 0.5) is 5.69 Å². The lowest BCUT2D eigenvalue weighted by Crippen LogP contribution is -1.82. The van der Waals surface area contributed by atoms with Gasteiger partial charge in [0.15, 0.2) is 0 Å². The molecule has 0 spiro atoms. The second kappa shape index (κ2) is 2.95. The Hall–Kier alpha value is -2.09. The minimum atomic E-state index is 0.804. The molecule has 0 radical (unpaired) electrons. The Kier molecular flexibility index (Phi) is 1.62. The predicted molar refractivity (Wildman–Crippen MR) is 63.7 cm³/mol. The van der Waals surface area contributed by atoms with Gasteiger partial charge in [-0.2, -0.15) is 0 Å². The SMILES string of the molecule is Nc1ccccc2cc3cncc3cc12. The van der Waals surface area contributed by atoms with Gasteiger partial charge in [-0.1, -0.05) is 18.2 Å². The molecule has 0 atom stereocenters. The van der Waals surface area contributed by atoms with Crippen molar-refractivity contribution in [3.8, 4) is 0 Å². The van der Waals surface area contributed by atoms with E-state index in [1.807, 2.05) is 30.6 Å². The number of fused-ring (bicyclic) bond motifs is 2. The molecule has 0 amide bonds. The summed E-state index contributed by atoms with van der Waals surface area (Å²) in [6, 6.07) is 12.2. The quantitative estimate of drug-likeness (QED) is 0.597. The van der Waals surface area contributed by atoms with Crippen molar-refractivity contribution in [2.45, 2.75) is 0 Å². The zero-order valence-corrected chi connectivity index (χ0v) is 8.14. The Labute approximate surface area is 87.4 Å². The van der Waals surface area contributed by atoms with Crippen LogP contribution in [0.25, 0.3) is 21.5 Å². The van der Waals surface area contributed by atoms with E-state index in [9.17, 15) is 0 Å². The van der Waals surface area contributed by atoms with Gasteiger partial charge in [0.1, 0.15) is 0 Å². The minimum absolute atomic E-state index is 0.804. The van der Waals surface area contributed by atoms with Crippen molar-refractivity contribution < 1.29 is 0 Å². The van der Waals surface area contributed by atoms with Crippen molar-refractivity contribution in [2.24, 2.45) is 0 Å². The third kappa shape index (κ3) is 1.22. The molecule has 1 heterocycles. The van der Waals surface area contributed by atoms with Gasteiger partial charge in [0, 0.05) is 34.2 Å². The van der Waals surface area contributed by atoms with E-state index in [-0.39, 0.29) is 0 Å². The number of aromatic nitrogens is 1. The molecule has 72 valence electrons. The molecule has 0 aliphatic carbocycles. The van der Waals surface area contributed by atoms with Crippen LogP contribution in [-0.2, 0) is 0 Å². The molecule has 1 aromatic heterocycles. The molecule has 2 N–H and O–H groups in total. The van der Waals surface area contributed by atoms with Crippen molar-refractivity contribution in [2.75, 3.05) is 5.73 Å². The molecule has 0 saturated carbocycles. The Balaban J connectivity index is 2.58. The summed E-state index contributed by atoms with van der Waals surface area (Å²) in [4.78, 5) is 4.13. The average Bonchev–Trinajstić information content (AvgIpc) is 2.62. The summed E-state index contributed by atoms with van der Waals surface area (Å²) in [6.45, 7) is 0. The molecule has 2 nitrogen and oxygen atoms in total. The van der Waals surface area contributed by atoms with Crippen LogP contribution >= 0.6 is 0 Å². The molecule has 0 aliphatic rings. The molecule has 0 fully saturated rings. The van der Waals surface area contributed by atoms with Gasteiger partial charge in [-0.3, -0.25) is 4.98 Å². The van der Waals surface area contributed by atoms with E-state index in [1.165, 1.54) is 0 Å². The van der Waals surface area contributed by atoms with E-state index < -0.39 is 0 Å². The van der Waals surface area contributed by atoms with Crippen LogP contribution in [0, 0.1) is 0 Å². The van der Waals surface area contributed by atoms with Crippen LogP contribution < -0.4 is 5.73 Å². The van der Waals surface area contributed by atoms with Crippen molar-refractivity contribution in [1.29, 1.82) is 0 Å². The van der Waals surface area contributed by atoms with Gasteiger partial charge in [-0.25, -0.2) is 0 Å². The summed E-state index contributed by atoms with van der Waals surface area (Å²) in [5, 5.41) is 4.53. The van der Waals surface area contributed by atoms with Crippen LogP contribution in [0.1, 0.15) is 0 Å². The average molecular weight is 194 g/mol. The summed E-state index contributed by atoms with van der Waals surface area (Å²) in [6.07, 6.45) is 3.74. The molecule has 0 aliphatic heterocycles. The topological polar surface area (TPSA) is 38.9 Å². The predicted octanol–water partition coefficient (Wildman–Crippen LogP) is 2.97. The minimum Gasteiger partial charge on any atom is -0.398 e. The zero-order chi connectivity index (χ0) is 10.3. The van der Waals surface area contributed by atoms with Gasteiger partial charge in [-0.15, -0.1) is 0 Å². The highest BCUT2D eigenvalue weighted by atomic mass is 14.6. The maximum absolute atomic E-state index is 5.98. The highest BCUT2D eigenvalue weighted by Crippen LogP contribution is 2.25. The molecule has 0 bridgehead atoms. The Morgan fingerprint density at radius 2 is 1.60 bits per heavy atom. The van der Waals surface area contributed by atoms with Gasteiger partial charge in [0.2, 0.25) is 0 Å². The fourth-order valence-corrected chi connectivity index (χ4v) is 1.87. The first kappa shape index (κ1) is 8.24. The summed E-state index contributed by atoms with van der Waals surface area (Å²) in [5.74, 6) is 0. The number of rotatable bonds is 0. The van der Waals surface area contributed by atoms with Crippen LogP contribution in [0.15, 0.2) is 48.8 Å². The Bertz CT molecular complexity index is 644. The van der Waals surface area contributed by atoms with Crippen LogP contribution in [-0.4, -0.2) is 4.98 Å². The largest absolute Gasteiger partial charge is 0.398 e. The van der Waals surface area contributed by atoms with E-state index in [1.54, 1.807) is 0 Å². The van der Waals surface area contributed by atoms with E-state index in [2.05, 4.69) is 23.2 Å². The summed E-state index contributed by atoms with van der Waals surface area (Å²) in [7, 11) is 0. The maximum atomic E-state index is 5.98. The molecule has 2 aromatic carbocycles. The lowest BCUT2D eigenvalue weighted by atomic mass is 10.1. The van der Waals surface area contributed by atoms with Crippen molar-refractivity contribution in [1.82, 2.24) is 4.98 Å². The third-order valence-corrected chi connectivity index (χ3v) is 2.66. The molecule has 3 aromatic rings. The smallest absolute Gasteiger partial charge is 0.0393 e. The standard InChI is InChI=1S/C13H10N2/c14-13-4-2-1-3-9-5-10-7-15-8-11(10)6-12(9)13/h1-8H,14H2. The van der Waals surface area contributed by atoms with Gasteiger partial charge >= 0.3 is 0 Å². The normalized spacial score (nSPS) is 10.9. The monoisotopic (exact) mass is 194 g/mol. The highest BCUT2D eigenvalue weighted by molar-refractivity contribution is 6.02. The lowest BCUT2D eigenvalue weighted by Gasteiger charge is -1.97. The van der Waals surface area contributed by atoms with Crippen LogP contribution in [0.5, 0.6) is 0 Å². The second-order valence-corrected chi connectivity index (χ2v) is 3.65. The van der Waals surface area contributed by atoms with Crippen molar-refractivity contribution in [3.63, 3.8) is 0 Å². The fourth-order valence-electron chi connectivity index (χ4n) is 1.87. The number of hydrogen-bond donors (Lipinski definition) is 1. The number of nitrogen functional groups attached to an aromatic ring is 1. The van der Waals surface area contributed by atoms with Gasteiger partial charge in [-0.05, 0) is 23.6 Å². The highest BCUT2D eigenvalue weighted by Gasteiger charge is 2.00. The van der Waals surface area contributed by atoms with Crippen molar-refractivity contribution >= 4 is 27.2 Å². The fraction of sp³-hybridized carbons (Fsp3) is 0. The molecule has 3 rings (SSSR count). The summed E-state index contributed by atoms with van der Waals surface area (Å²) in [5.41, 5.74) is 6.78. The molecular weight excluding hydrogens is 184 g/mol. The van der Waals surface area contributed by atoms with E-state index >= 15 is 0 Å². The zero-order valence-electron chi connectivity index (χ0n) is 8.14. The number of anilines is 1. The number of benzene rings is 1. The van der Waals surface area contributed by atoms with E-state index in [0.717, 1.165) is 27.2 Å². The lowest BCUT2D eigenvalue weighted by molar-refractivity contribution is 1.43. The van der Waals surface area contributed by atoms with Crippen molar-refractivity contribution in [3.05, 3.63) is 48.8 Å². The molecule has 2 heteroatoms. The Morgan fingerprint density at radius 1 is 0.867 bits per heavy atom. The number of hydrogen-bond acceptors (Lipinski definition) is 2. The first-order valence-electron chi connectivity index (χ1n) is 4.86. The van der Waals surface area contributed by atoms with Gasteiger partial charge < -0.3 is 5.73 Å². The van der Waals surface area contributed by atoms with E-state index in [0.29, 0.717) is 0 Å². The number of nitrogens with zero attached hydrogens (tertiary/aromatic N) is 1. The van der Waals surface area contributed by atoms with Gasteiger partial charge in [0.25, 0.3) is 0 Å². The van der Waals surface area contributed by atoms with Gasteiger partial charge in [0.05, 0.1) is 0 Å². The second-order valence-electron chi connectivity index (χ2n) is 3.65. The van der Waals surface area contributed by atoms with E-state index in [4.69, 9.17) is 5.73 Å². The van der Waals surface area contributed by atoms with Crippen LogP contribution in [0.3, 0.4) is 0 Å². The number of nitrogens with two attached hydrogens (primary N) is 1. The molecule has 0 saturated heterocycles. The summed E-state index contributed by atoms with van der Waals surface area (Å²) >= 11 is 0. The molecule has 15 heavy (non-hydrogen) atoms. The Morgan fingerprint density at radius 3 is 2.47 bits per heavy atom. The van der Waals surface area contributed by atoms with Crippen LogP contribution in [0.2, 0.25) is 0 Å².